The van der Waals surface area contributed by atoms with Crippen LogP contribution in [0.4, 0.5) is 5.82 Å². The molecule has 0 aliphatic heterocycles. The van der Waals surface area contributed by atoms with Crippen LogP contribution in [0.25, 0.3) is 22.2 Å². The SMILES string of the molecule is CC(C)Cc1nc(-c2ccc3c(N)n[nH]c3c2)c(Cl)[nH]1. The molecule has 0 atom stereocenters. The van der Waals surface area contributed by atoms with Crippen molar-refractivity contribution in [1.82, 2.24) is 20.2 Å². The molecule has 0 aliphatic carbocycles. The maximum atomic E-state index is 6.25. The van der Waals surface area contributed by atoms with E-state index in [1.165, 1.54) is 0 Å². The van der Waals surface area contributed by atoms with Crippen molar-refractivity contribution in [2.75, 3.05) is 5.73 Å². The van der Waals surface area contributed by atoms with Crippen LogP contribution in [0.5, 0.6) is 0 Å². The summed E-state index contributed by atoms with van der Waals surface area (Å²) in [5.41, 5.74) is 8.35. The highest BCUT2D eigenvalue weighted by atomic mass is 35.5. The summed E-state index contributed by atoms with van der Waals surface area (Å²) in [6, 6.07) is 5.84. The molecule has 0 amide bonds. The second kappa shape index (κ2) is 4.83. The fourth-order valence-electron chi connectivity index (χ4n) is 2.26. The highest BCUT2D eigenvalue weighted by Crippen LogP contribution is 2.29. The zero-order valence-electron chi connectivity index (χ0n) is 11.4. The maximum absolute atomic E-state index is 6.25. The lowest BCUT2D eigenvalue weighted by molar-refractivity contribution is 0.626. The minimum atomic E-state index is 0.500. The first-order chi connectivity index (χ1) is 9.54. The van der Waals surface area contributed by atoms with Gasteiger partial charge < -0.3 is 10.7 Å². The molecule has 2 heterocycles. The molecule has 0 unspecified atom stereocenters. The molecule has 4 N–H and O–H groups in total. The molecule has 3 rings (SSSR count). The van der Waals surface area contributed by atoms with Crippen LogP contribution in [0.2, 0.25) is 5.15 Å². The molecule has 0 aliphatic rings. The average Bonchev–Trinajstić information content (AvgIpc) is 2.92. The number of anilines is 1. The number of nitrogens with one attached hydrogen (secondary N) is 2. The summed E-state index contributed by atoms with van der Waals surface area (Å²) < 4.78 is 0. The first-order valence-electron chi connectivity index (χ1n) is 6.53. The van der Waals surface area contributed by atoms with Gasteiger partial charge in [-0.05, 0) is 18.1 Å². The second-order valence-corrected chi connectivity index (χ2v) is 5.69. The number of halogens is 1. The molecular formula is C14H16ClN5. The number of nitrogens with zero attached hydrogens (tertiary/aromatic N) is 2. The Morgan fingerprint density at radius 2 is 2.15 bits per heavy atom. The molecule has 0 saturated heterocycles. The number of nitrogen functional groups attached to an aromatic ring is 1. The number of benzene rings is 1. The number of fused-ring (bicyclic) bond motifs is 1. The third-order valence-electron chi connectivity index (χ3n) is 3.18. The second-order valence-electron chi connectivity index (χ2n) is 5.31. The number of nitrogens with two attached hydrogens (primary N) is 1. The molecule has 104 valence electrons. The zero-order chi connectivity index (χ0) is 14.3. The Hall–Kier alpha value is -2.01. The van der Waals surface area contributed by atoms with E-state index in [0.29, 0.717) is 16.9 Å². The number of hydrogen-bond acceptors (Lipinski definition) is 3. The number of imidazole rings is 1. The van der Waals surface area contributed by atoms with Crippen LogP contribution in [-0.4, -0.2) is 20.2 Å². The van der Waals surface area contributed by atoms with Gasteiger partial charge in [-0.25, -0.2) is 4.98 Å². The summed E-state index contributed by atoms with van der Waals surface area (Å²) in [6.07, 6.45) is 0.874. The van der Waals surface area contributed by atoms with Gasteiger partial charge in [0, 0.05) is 17.4 Å². The molecule has 0 spiro atoms. The molecule has 5 nitrogen and oxygen atoms in total. The number of H-pyrrole nitrogens is 2. The Labute approximate surface area is 121 Å². The topological polar surface area (TPSA) is 83.4 Å². The summed E-state index contributed by atoms with van der Waals surface area (Å²) >= 11 is 6.25. The zero-order valence-corrected chi connectivity index (χ0v) is 12.1. The van der Waals surface area contributed by atoms with Gasteiger partial charge in [-0.1, -0.05) is 31.5 Å². The van der Waals surface area contributed by atoms with Gasteiger partial charge in [0.25, 0.3) is 0 Å². The lowest BCUT2D eigenvalue weighted by Gasteiger charge is -1.99. The van der Waals surface area contributed by atoms with Crippen molar-refractivity contribution in [2.45, 2.75) is 20.3 Å². The molecule has 1 aromatic carbocycles. The fourth-order valence-corrected chi connectivity index (χ4v) is 2.52. The Morgan fingerprint density at radius 3 is 2.90 bits per heavy atom. The van der Waals surface area contributed by atoms with E-state index >= 15 is 0 Å². The summed E-state index contributed by atoms with van der Waals surface area (Å²) in [7, 11) is 0. The van der Waals surface area contributed by atoms with E-state index in [-0.39, 0.29) is 0 Å². The molecule has 0 saturated carbocycles. The van der Waals surface area contributed by atoms with E-state index in [0.717, 1.165) is 34.4 Å². The van der Waals surface area contributed by atoms with Crippen molar-refractivity contribution in [3.05, 3.63) is 29.2 Å². The minimum Gasteiger partial charge on any atom is -0.382 e. The highest BCUT2D eigenvalue weighted by Gasteiger charge is 2.13. The smallest absolute Gasteiger partial charge is 0.153 e. The van der Waals surface area contributed by atoms with Crippen molar-refractivity contribution < 1.29 is 0 Å². The van der Waals surface area contributed by atoms with Gasteiger partial charge in [0.05, 0.1) is 5.52 Å². The molecule has 20 heavy (non-hydrogen) atoms. The van der Waals surface area contributed by atoms with E-state index in [4.69, 9.17) is 17.3 Å². The molecular weight excluding hydrogens is 274 g/mol. The lowest BCUT2D eigenvalue weighted by Crippen LogP contribution is -1.95. The van der Waals surface area contributed by atoms with Crippen molar-refractivity contribution >= 4 is 28.3 Å². The minimum absolute atomic E-state index is 0.500. The number of rotatable bonds is 3. The monoisotopic (exact) mass is 289 g/mol. The maximum Gasteiger partial charge on any atom is 0.153 e. The molecule has 6 heteroatoms. The summed E-state index contributed by atoms with van der Waals surface area (Å²) in [5.74, 6) is 1.93. The van der Waals surface area contributed by atoms with Gasteiger partial charge in [0.1, 0.15) is 16.7 Å². The summed E-state index contributed by atoms with van der Waals surface area (Å²) in [5, 5.41) is 8.36. The van der Waals surface area contributed by atoms with Crippen molar-refractivity contribution in [3.8, 4) is 11.3 Å². The van der Waals surface area contributed by atoms with Gasteiger partial charge in [-0.3, -0.25) is 5.10 Å². The third kappa shape index (κ3) is 2.25. The van der Waals surface area contributed by atoms with Gasteiger partial charge in [-0.2, -0.15) is 5.10 Å². The number of aromatic amines is 2. The lowest BCUT2D eigenvalue weighted by atomic mass is 10.1. The predicted molar refractivity (Wildman–Crippen MR) is 81.6 cm³/mol. The Morgan fingerprint density at radius 1 is 1.35 bits per heavy atom. The van der Waals surface area contributed by atoms with Crippen LogP contribution < -0.4 is 5.73 Å². The Kier molecular flexibility index (Phi) is 3.14. The van der Waals surface area contributed by atoms with Crippen LogP contribution in [0.1, 0.15) is 19.7 Å². The van der Waals surface area contributed by atoms with E-state index in [2.05, 4.69) is 34.0 Å². The van der Waals surface area contributed by atoms with Gasteiger partial charge in [0.15, 0.2) is 5.82 Å². The first-order valence-corrected chi connectivity index (χ1v) is 6.90. The van der Waals surface area contributed by atoms with Crippen molar-refractivity contribution in [1.29, 1.82) is 0 Å². The van der Waals surface area contributed by atoms with Gasteiger partial charge >= 0.3 is 0 Å². The molecule has 2 aromatic heterocycles. The fraction of sp³-hybridized carbons (Fsp3) is 0.286. The Bertz CT molecular complexity index is 756. The van der Waals surface area contributed by atoms with Crippen LogP contribution in [0.15, 0.2) is 18.2 Å². The van der Waals surface area contributed by atoms with Crippen LogP contribution in [-0.2, 0) is 6.42 Å². The quantitative estimate of drug-likeness (QED) is 0.691. The summed E-state index contributed by atoms with van der Waals surface area (Å²) in [6.45, 7) is 4.30. The third-order valence-corrected chi connectivity index (χ3v) is 3.45. The predicted octanol–water partition coefficient (Wildman–Crippen LogP) is 3.39. The number of aromatic nitrogens is 4. The normalized spacial score (nSPS) is 11.6. The summed E-state index contributed by atoms with van der Waals surface area (Å²) in [4.78, 5) is 7.71. The number of hydrogen-bond donors (Lipinski definition) is 3. The standard InChI is InChI=1S/C14H16ClN5/c1-7(2)5-11-17-12(13(15)18-11)8-3-4-9-10(6-8)19-20-14(9)16/h3-4,6-7H,5H2,1-2H3,(H,17,18)(H3,16,19,20). The largest absolute Gasteiger partial charge is 0.382 e. The van der Waals surface area contributed by atoms with Gasteiger partial charge in [-0.15, -0.1) is 0 Å². The van der Waals surface area contributed by atoms with Gasteiger partial charge in [0.2, 0.25) is 0 Å². The molecule has 0 bridgehead atoms. The van der Waals surface area contributed by atoms with Crippen LogP contribution in [0.3, 0.4) is 0 Å². The molecule has 0 radical (unpaired) electrons. The van der Waals surface area contributed by atoms with E-state index in [1.54, 1.807) is 0 Å². The van der Waals surface area contributed by atoms with E-state index < -0.39 is 0 Å². The molecule has 3 aromatic rings. The van der Waals surface area contributed by atoms with Crippen LogP contribution in [0, 0.1) is 5.92 Å². The Balaban J connectivity index is 2.03. The van der Waals surface area contributed by atoms with Crippen LogP contribution >= 0.6 is 11.6 Å². The molecule has 0 fully saturated rings. The highest BCUT2D eigenvalue weighted by molar-refractivity contribution is 6.32. The van der Waals surface area contributed by atoms with E-state index in [1.807, 2.05) is 18.2 Å². The van der Waals surface area contributed by atoms with Crippen molar-refractivity contribution in [3.63, 3.8) is 0 Å². The average molecular weight is 290 g/mol. The van der Waals surface area contributed by atoms with E-state index in [9.17, 15) is 0 Å². The van der Waals surface area contributed by atoms with Crippen molar-refractivity contribution in [2.24, 2.45) is 5.92 Å². The first kappa shape index (κ1) is 13.0.